The molecule has 3 N–H and O–H groups in total. The molecule has 0 bridgehead atoms. The van der Waals surface area contributed by atoms with Crippen molar-refractivity contribution in [3.8, 4) is 5.75 Å². The number of imide groups is 1. The first-order valence-electron chi connectivity index (χ1n) is 8.34. The number of hydrogen-bond donors (Lipinski definition) is 3. The molecule has 4 amide bonds. The first-order chi connectivity index (χ1) is 12.4. The molecule has 9 heteroatoms. The number of urea groups is 1. The number of benzene rings is 1. The highest BCUT2D eigenvalue weighted by atomic mass is 16.5. The van der Waals surface area contributed by atoms with Gasteiger partial charge in [0.05, 0.1) is 0 Å². The Morgan fingerprint density at radius 1 is 1.19 bits per heavy atom. The molecule has 26 heavy (non-hydrogen) atoms. The highest BCUT2D eigenvalue weighted by Gasteiger charge is 2.52. The lowest BCUT2D eigenvalue weighted by Crippen LogP contribution is -2.51. The zero-order chi connectivity index (χ0) is 18.7. The quantitative estimate of drug-likeness (QED) is 0.539. The van der Waals surface area contributed by atoms with Gasteiger partial charge in [-0.05, 0) is 25.0 Å². The Hall–Kier alpha value is -3.10. The molecule has 9 nitrogen and oxygen atoms in total. The molecule has 1 spiro atoms. The number of hydrazine groups is 1. The van der Waals surface area contributed by atoms with Crippen LogP contribution in [0.3, 0.4) is 0 Å². The molecule has 2 fully saturated rings. The number of hydrogen-bond acceptors (Lipinski definition) is 6. The number of amides is 4. The van der Waals surface area contributed by atoms with E-state index in [1.165, 1.54) is 24.3 Å². The van der Waals surface area contributed by atoms with Crippen molar-refractivity contribution in [1.29, 1.82) is 0 Å². The van der Waals surface area contributed by atoms with E-state index in [2.05, 4.69) is 10.7 Å². The van der Waals surface area contributed by atoms with Crippen LogP contribution in [0, 0.1) is 0 Å². The van der Waals surface area contributed by atoms with Crippen LogP contribution >= 0.6 is 0 Å². The summed E-state index contributed by atoms with van der Waals surface area (Å²) in [5.41, 5.74) is 1.13. The van der Waals surface area contributed by atoms with Crippen LogP contribution in [0.15, 0.2) is 24.3 Å². The number of aromatic hydroxyl groups is 1. The molecule has 0 unspecified atom stereocenters. The van der Waals surface area contributed by atoms with Crippen LogP contribution in [-0.4, -0.2) is 46.1 Å². The number of ether oxygens (including phenoxy) is 1. The Bertz CT molecular complexity index is 757. The Balaban J connectivity index is 1.56. The number of carbonyl (C=O) groups is 4. The van der Waals surface area contributed by atoms with Crippen molar-refractivity contribution in [2.45, 2.75) is 37.6 Å². The second-order valence-corrected chi connectivity index (χ2v) is 6.34. The number of nitrogens with one attached hydrogen (secondary N) is 2. The summed E-state index contributed by atoms with van der Waals surface area (Å²) < 4.78 is 4.81. The SMILES string of the molecule is O=C(COC(=O)c1ccccc1O)NN1C(=O)NC2(CCCCC2)C1=O. The normalized spacial score (nSPS) is 18.5. The first kappa shape index (κ1) is 17.7. The van der Waals surface area contributed by atoms with Gasteiger partial charge in [-0.2, -0.15) is 5.01 Å². The molecule has 1 aromatic carbocycles. The lowest BCUT2D eigenvalue weighted by Gasteiger charge is -2.30. The molecule has 3 rings (SSSR count). The summed E-state index contributed by atoms with van der Waals surface area (Å²) in [6.45, 7) is -0.697. The summed E-state index contributed by atoms with van der Waals surface area (Å²) in [5.74, 6) is -2.49. The van der Waals surface area contributed by atoms with E-state index in [0.717, 1.165) is 19.3 Å². The number of phenolic OH excluding ortho intramolecular Hbond substituents is 1. The molecule has 2 aliphatic rings. The van der Waals surface area contributed by atoms with Crippen molar-refractivity contribution in [3.63, 3.8) is 0 Å². The van der Waals surface area contributed by atoms with E-state index in [9.17, 15) is 24.3 Å². The third-order valence-corrected chi connectivity index (χ3v) is 4.56. The molecule has 1 aromatic rings. The minimum absolute atomic E-state index is 0.0866. The Labute approximate surface area is 149 Å². The van der Waals surface area contributed by atoms with E-state index in [1.54, 1.807) is 0 Å². The smallest absolute Gasteiger partial charge is 0.344 e. The molecule has 0 aromatic heterocycles. The van der Waals surface area contributed by atoms with Crippen LogP contribution < -0.4 is 10.7 Å². The summed E-state index contributed by atoms with van der Waals surface area (Å²) in [6.07, 6.45) is 3.72. The lowest BCUT2D eigenvalue weighted by atomic mass is 9.82. The first-order valence-corrected chi connectivity index (χ1v) is 8.34. The van der Waals surface area contributed by atoms with Gasteiger partial charge < -0.3 is 15.2 Å². The third kappa shape index (κ3) is 3.32. The molecule has 1 aliphatic carbocycles. The standard InChI is InChI=1S/C17H19N3O6/c21-12-7-3-2-6-11(12)14(23)26-10-13(22)19-20-15(24)17(18-16(20)25)8-4-1-5-9-17/h2-3,6-7,21H,1,4-5,8-10H2,(H,18,25)(H,19,22). The molecule has 1 saturated heterocycles. The van der Waals surface area contributed by atoms with Gasteiger partial charge >= 0.3 is 12.0 Å². The fraction of sp³-hybridized carbons (Fsp3) is 0.412. The predicted octanol–water partition coefficient (Wildman–Crippen LogP) is 0.835. The van der Waals surface area contributed by atoms with Crippen molar-refractivity contribution >= 4 is 23.8 Å². The number of nitrogens with zero attached hydrogens (tertiary/aromatic N) is 1. The fourth-order valence-electron chi connectivity index (χ4n) is 3.23. The van der Waals surface area contributed by atoms with Gasteiger partial charge in [-0.1, -0.05) is 31.4 Å². The van der Waals surface area contributed by atoms with E-state index in [-0.39, 0.29) is 11.3 Å². The van der Waals surface area contributed by atoms with E-state index < -0.39 is 36.0 Å². The number of para-hydroxylation sites is 1. The maximum absolute atomic E-state index is 12.5. The maximum atomic E-state index is 12.5. The molecular formula is C17H19N3O6. The number of phenols is 1. The second-order valence-electron chi connectivity index (χ2n) is 6.34. The molecular weight excluding hydrogens is 342 g/mol. The number of carbonyl (C=O) groups excluding carboxylic acids is 4. The third-order valence-electron chi connectivity index (χ3n) is 4.56. The summed E-state index contributed by atoms with van der Waals surface area (Å²) in [5, 5.41) is 12.9. The summed E-state index contributed by atoms with van der Waals surface area (Å²) in [7, 11) is 0. The lowest BCUT2D eigenvalue weighted by molar-refractivity contribution is -0.140. The van der Waals surface area contributed by atoms with Crippen LogP contribution in [0.2, 0.25) is 0 Å². The van der Waals surface area contributed by atoms with Gasteiger partial charge in [0.2, 0.25) is 0 Å². The average Bonchev–Trinajstić information content (AvgIpc) is 2.85. The van der Waals surface area contributed by atoms with Crippen LogP contribution in [-0.2, 0) is 14.3 Å². The number of esters is 1. The molecule has 1 aliphatic heterocycles. The van der Waals surface area contributed by atoms with Crippen molar-refractivity contribution in [2.24, 2.45) is 0 Å². The topological polar surface area (TPSA) is 125 Å². The van der Waals surface area contributed by atoms with Crippen LogP contribution in [0.5, 0.6) is 5.75 Å². The summed E-state index contributed by atoms with van der Waals surface area (Å²) >= 11 is 0. The van der Waals surface area contributed by atoms with Crippen molar-refractivity contribution < 1.29 is 29.0 Å². The van der Waals surface area contributed by atoms with Gasteiger partial charge in [0.1, 0.15) is 16.9 Å². The van der Waals surface area contributed by atoms with E-state index in [0.29, 0.717) is 17.9 Å². The van der Waals surface area contributed by atoms with Gasteiger partial charge in [-0.3, -0.25) is 15.0 Å². The highest BCUT2D eigenvalue weighted by molar-refractivity contribution is 6.08. The van der Waals surface area contributed by atoms with E-state index >= 15 is 0 Å². The van der Waals surface area contributed by atoms with Gasteiger partial charge in [-0.15, -0.1) is 0 Å². The molecule has 0 atom stereocenters. The number of rotatable bonds is 4. The molecule has 0 radical (unpaired) electrons. The van der Waals surface area contributed by atoms with Crippen molar-refractivity contribution in [2.75, 3.05) is 6.61 Å². The van der Waals surface area contributed by atoms with Gasteiger partial charge in [-0.25, -0.2) is 9.59 Å². The average molecular weight is 361 g/mol. The second kappa shape index (κ2) is 7.03. The van der Waals surface area contributed by atoms with Crippen molar-refractivity contribution in [1.82, 2.24) is 15.8 Å². The minimum Gasteiger partial charge on any atom is -0.507 e. The largest absolute Gasteiger partial charge is 0.507 e. The Kier molecular flexibility index (Phi) is 4.79. The summed E-state index contributed by atoms with van der Waals surface area (Å²) in [6, 6.07) is 5.04. The van der Waals surface area contributed by atoms with E-state index in [4.69, 9.17) is 4.74 Å². The molecule has 1 saturated carbocycles. The molecule has 138 valence electrons. The van der Waals surface area contributed by atoms with Gasteiger partial charge in [0, 0.05) is 0 Å². The fourth-order valence-corrected chi connectivity index (χ4v) is 3.23. The monoisotopic (exact) mass is 361 g/mol. The van der Waals surface area contributed by atoms with E-state index in [1.807, 2.05) is 0 Å². The molecule has 1 heterocycles. The van der Waals surface area contributed by atoms with Crippen LogP contribution in [0.1, 0.15) is 42.5 Å². The minimum atomic E-state index is -0.949. The van der Waals surface area contributed by atoms with Gasteiger partial charge in [0.25, 0.3) is 11.8 Å². The Morgan fingerprint density at radius 3 is 2.58 bits per heavy atom. The predicted molar refractivity (Wildman–Crippen MR) is 87.7 cm³/mol. The zero-order valence-corrected chi connectivity index (χ0v) is 14.0. The van der Waals surface area contributed by atoms with Crippen LogP contribution in [0.25, 0.3) is 0 Å². The zero-order valence-electron chi connectivity index (χ0n) is 14.0. The van der Waals surface area contributed by atoms with Crippen molar-refractivity contribution in [3.05, 3.63) is 29.8 Å². The summed E-state index contributed by atoms with van der Waals surface area (Å²) in [4.78, 5) is 48.4. The highest BCUT2D eigenvalue weighted by Crippen LogP contribution is 2.32. The van der Waals surface area contributed by atoms with Crippen LogP contribution in [0.4, 0.5) is 4.79 Å². The maximum Gasteiger partial charge on any atom is 0.344 e. The van der Waals surface area contributed by atoms with Gasteiger partial charge in [0.15, 0.2) is 6.61 Å². The Morgan fingerprint density at radius 2 is 1.88 bits per heavy atom.